The van der Waals surface area contributed by atoms with Crippen LogP contribution in [0.3, 0.4) is 0 Å². The van der Waals surface area contributed by atoms with Crippen LogP contribution < -0.4 is 10.3 Å². The Balaban J connectivity index is 1.62. The normalized spacial score (nSPS) is 10.9. The molecular weight excluding hydrogens is 440 g/mol. The predicted molar refractivity (Wildman–Crippen MR) is 135 cm³/mol. The highest BCUT2D eigenvalue weighted by Crippen LogP contribution is 2.28. The summed E-state index contributed by atoms with van der Waals surface area (Å²) in [7, 11) is 1.59. The first kappa shape index (κ1) is 23.5. The number of azo groups is 1. The molecule has 0 aliphatic carbocycles. The highest BCUT2D eigenvalue weighted by atomic mass is 16.5. The van der Waals surface area contributed by atoms with E-state index in [0.29, 0.717) is 17.7 Å². The molecule has 7 nitrogen and oxygen atoms in total. The number of ether oxygens (including phenoxy) is 1. The van der Waals surface area contributed by atoms with Crippen molar-refractivity contribution in [2.24, 2.45) is 10.2 Å². The van der Waals surface area contributed by atoms with Gasteiger partial charge < -0.3 is 9.84 Å². The molecule has 4 aromatic rings. The second-order valence-corrected chi connectivity index (χ2v) is 7.95. The molecule has 0 spiro atoms. The van der Waals surface area contributed by atoms with Gasteiger partial charge in [0.15, 0.2) is 5.69 Å². The van der Waals surface area contributed by atoms with E-state index in [0.717, 1.165) is 22.4 Å². The van der Waals surface area contributed by atoms with E-state index in [1.54, 1.807) is 14.0 Å². The first-order valence-electron chi connectivity index (χ1n) is 11.1. The zero-order valence-corrected chi connectivity index (χ0v) is 19.5. The Kier molecular flexibility index (Phi) is 7.03. The zero-order valence-electron chi connectivity index (χ0n) is 19.5. The third kappa shape index (κ3) is 5.12. The standard InChI is InChI=1S/C28H24N4O3/c1-19-25(18-29)27(33)32(17-16-20-8-14-24(35-2)15-9-20)28(34)26(19)31-30-23-12-10-22(11-13-23)21-6-4-3-5-7-21/h3-15,33H,16-17H2,1-2H3. The molecule has 0 amide bonds. The van der Waals surface area contributed by atoms with Crippen LogP contribution in [0, 0.1) is 18.3 Å². The molecular formula is C28H24N4O3. The number of aromatic nitrogens is 1. The number of benzene rings is 3. The smallest absolute Gasteiger partial charge is 0.281 e. The van der Waals surface area contributed by atoms with Crippen molar-refractivity contribution < 1.29 is 9.84 Å². The third-order valence-corrected chi connectivity index (χ3v) is 5.79. The Hall–Kier alpha value is -4.70. The maximum atomic E-state index is 13.2. The van der Waals surface area contributed by atoms with Crippen LogP contribution in [0.4, 0.5) is 11.4 Å². The van der Waals surface area contributed by atoms with Crippen molar-refractivity contribution in [2.45, 2.75) is 19.9 Å². The third-order valence-electron chi connectivity index (χ3n) is 5.79. The fourth-order valence-corrected chi connectivity index (χ4v) is 3.76. The van der Waals surface area contributed by atoms with Crippen LogP contribution in [-0.2, 0) is 13.0 Å². The number of hydrogen-bond donors (Lipinski definition) is 1. The molecule has 0 saturated carbocycles. The number of methoxy groups -OCH3 is 1. The van der Waals surface area contributed by atoms with Gasteiger partial charge in [0.05, 0.1) is 12.8 Å². The highest BCUT2D eigenvalue weighted by Gasteiger charge is 2.19. The van der Waals surface area contributed by atoms with Crippen LogP contribution in [0.2, 0.25) is 0 Å². The number of nitrogens with zero attached hydrogens (tertiary/aromatic N) is 4. The van der Waals surface area contributed by atoms with Gasteiger partial charge in [0.25, 0.3) is 5.56 Å². The van der Waals surface area contributed by atoms with E-state index in [-0.39, 0.29) is 23.7 Å². The number of nitriles is 1. The Labute approximate surface area is 203 Å². The van der Waals surface area contributed by atoms with Crippen molar-refractivity contribution in [3.63, 3.8) is 0 Å². The SMILES string of the molecule is COc1ccc(CCn2c(O)c(C#N)c(C)c(N=Nc3ccc(-c4ccccc4)cc3)c2=O)cc1. The number of aryl methyl sites for hydroxylation is 1. The van der Waals surface area contributed by atoms with E-state index in [1.807, 2.05) is 84.9 Å². The van der Waals surface area contributed by atoms with Crippen molar-refractivity contribution in [3.05, 3.63) is 106 Å². The van der Waals surface area contributed by atoms with Gasteiger partial charge in [-0.2, -0.15) is 10.4 Å². The minimum Gasteiger partial charge on any atom is -0.497 e. The molecule has 1 heterocycles. The summed E-state index contributed by atoms with van der Waals surface area (Å²) in [4.78, 5) is 13.2. The van der Waals surface area contributed by atoms with Crippen LogP contribution in [0.1, 0.15) is 16.7 Å². The summed E-state index contributed by atoms with van der Waals surface area (Å²) < 4.78 is 6.34. The molecule has 0 aliphatic heterocycles. The molecule has 0 unspecified atom stereocenters. The van der Waals surface area contributed by atoms with Gasteiger partial charge in [-0.1, -0.05) is 54.6 Å². The van der Waals surface area contributed by atoms with E-state index in [2.05, 4.69) is 10.2 Å². The fourth-order valence-electron chi connectivity index (χ4n) is 3.76. The topological polar surface area (TPSA) is 100.0 Å². The number of aromatic hydroxyl groups is 1. The average Bonchev–Trinajstić information content (AvgIpc) is 2.90. The van der Waals surface area contributed by atoms with Crippen LogP contribution in [0.15, 0.2) is 93.9 Å². The molecule has 0 saturated heterocycles. The first-order valence-corrected chi connectivity index (χ1v) is 11.1. The largest absolute Gasteiger partial charge is 0.497 e. The lowest BCUT2D eigenvalue weighted by atomic mass is 10.1. The summed E-state index contributed by atoms with van der Waals surface area (Å²) in [5.41, 5.74) is 3.48. The summed E-state index contributed by atoms with van der Waals surface area (Å²) in [6.45, 7) is 1.76. The van der Waals surface area contributed by atoms with Crippen LogP contribution in [-0.4, -0.2) is 16.8 Å². The Morgan fingerprint density at radius 3 is 2.23 bits per heavy atom. The van der Waals surface area contributed by atoms with Crippen LogP contribution >= 0.6 is 0 Å². The second-order valence-electron chi connectivity index (χ2n) is 7.95. The molecule has 1 N–H and O–H groups in total. The Bertz CT molecular complexity index is 1450. The maximum Gasteiger partial charge on any atom is 0.281 e. The maximum absolute atomic E-state index is 13.2. The van der Waals surface area contributed by atoms with Gasteiger partial charge in [0, 0.05) is 12.1 Å². The average molecular weight is 465 g/mol. The number of rotatable bonds is 7. The molecule has 0 bridgehead atoms. The molecule has 1 aromatic heterocycles. The van der Waals surface area contributed by atoms with Gasteiger partial charge >= 0.3 is 0 Å². The van der Waals surface area contributed by atoms with Crippen molar-refractivity contribution in [2.75, 3.05) is 7.11 Å². The molecule has 0 aliphatic rings. The summed E-state index contributed by atoms with van der Waals surface area (Å²) in [6.07, 6.45) is 0.475. The lowest BCUT2D eigenvalue weighted by molar-refractivity contribution is 0.403. The van der Waals surface area contributed by atoms with Crippen molar-refractivity contribution >= 4 is 11.4 Å². The quantitative estimate of drug-likeness (QED) is 0.336. The van der Waals surface area contributed by atoms with Crippen LogP contribution in [0.5, 0.6) is 11.6 Å². The van der Waals surface area contributed by atoms with Gasteiger partial charge in [-0.25, -0.2) is 0 Å². The lowest BCUT2D eigenvalue weighted by Gasteiger charge is -2.13. The molecule has 7 heteroatoms. The summed E-state index contributed by atoms with van der Waals surface area (Å²) in [5, 5.41) is 28.6. The molecule has 0 radical (unpaired) electrons. The van der Waals surface area contributed by atoms with Crippen LogP contribution in [0.25, 0.3) is 11.1 Å². The monoisotopic (exact) mass is 464 g/mol. The van der Waals surface area contributed by atoms with E-state index in [4.69, 9.17) is 4.74 Å². The van der Waals surface area contributed by atoms with Gasteiger partial charge in [-0.05, 0) is 54.3 Å². The predicted octanol–water partition coefficient (Wildman–Crippen LogP) is 6.07. The summed E-state index contributed by atoms with van der Waals surface area (Å²) >= 11 is 0. The van der Waals surface area contributed by atoms with Crippen molar-refractivity contribution in [3.8, 4) is 28.8 Å². The fraction of sp³-hybridized carbons (Fsp3) is 0.143. The second kappa shape index (κ2) is 10.5. The van der Waals surface area contributed by atoms with Gasteiger partial charge in [0.2, 0.25) is 5.88 Å². The Morgan fingerprint density at radius 1 is 0.943 bits per heavy atom. The van der Waals surface area contributed by atoms with E-state index >= 15 is 0 Å². The molecule has 174 valence electrons. The van der Waals surface area contributed by atoms with E-state index in [1.165, 1.54) is 4.57 Å². The molecule has 35 heavy (non-hydrogen) atoms. The minimum atomic E-state index is -0.503. The summed E-state index contributed by atoms with van der Waals surface area (Å²) in [6, 6.07) is 26.9. The minimum absolute atomic E-state index is 0.00714. The number of pyridine rings is 1. The lowest BCUT2D eigenvalue weighted by Crippen LogP contribution is -2.22. The molecule has 4 rings (SSSR count). The first-order chi connectivity index (χ1) is 17.0. The number of hydrogen-bond acceptors (Lipinski definition) is 6. The zero-order chi connectivity index (χ0) is 24.8. The Morgan fingerprint density at radius 2 is 1.60 bits per heavy atom. The molecule has 0 fully saturated rings. The molecule has 3 aromatic carbocycles. The van der Waals surface area contributed by atoms with Gasteiger partial charge in [0.1, 0.15) is 17.4 Å². The van der Waals surface area contributed by atoms with Crippen molar-refractivity contribution in [1.29, 1.82) is 5.26 Å². The van der Waals surface area contributed by atoms with E-state index < -0.39 is 5.56 Å². The molecule has 0 atom stereocenters. The van der Waals surface area contributed by atoms with Crippen molar-refractivity contribution in [1.82, 2.24) is 4.57 Å². The van der Waals surface area contributed by atoms with Gasteiger partial charge in [-0.3, -0.25) is 9.36 Å². The van der Waals surface area contributed by atoms with E-state index in [9.17, 15) is 15.2 Å². The van der Waals surface area contributed by atoms with Gasteiger partial charge in [-0.15, -0.1) is 5.11 Å². The summed E-state index contributed by atoms with van der Waals surface area (Å²) in [5.74, 6) is 0.366. The highest BCUT2D eigenvalue weighted by molar-refractivity contribution is 5.65.